The van der Waals surface area contributed by atoms with Crippen LogP contribution in [0.15, 0.2) is 60.8 Å². The van der Waals surface area contributed by atoms with Crippen LogP contribution in [0.1, 0.15) is 220 Å². The van der Waals surface area contributed by atoms with E-state index in [1.165, 1.54) is 77.0 Å². The predicted molar refractivity (Wildman–Crippen MR) is 238 cm³/mol. The molecule has 0 saturated heterocycles. The van der Waals surface area contributed by atoms with Crippen molar-refractivity contribution in [2.75, 3.05) is 13.2 Å². The molecule has 322 valence electrons. The molecule has 0 heterocycles. The first-order valence-electron chi connectivity index (χ1n) is 23.3. The van der Waals surface area contributed by atoms with E-state index in [0.29, 0.717) is 19.3 Å². The third-order valence-corrected chi connectivity index (χ3v) is 9.75. The molecule has 0 aromatic rings. The fourth-order valence-corrected chi connectivity index (χ4v) is 6.21. The number of carbonyl (C=O) groups is 3. The summed E-state index contributed by atoms with van der Waals surface area (Å²) in [4.78, 5) is 37.8. The molecule has 6 heteroatoms. The molecule has 0 aromatic carbocycles. The molecule has 1 unspecified atom stereocenters. The average Bonchev–Trinajstić information content (AvgIpc) is 3.19. The van der Waals surface area contributed by atoms with Crippen molar-refractivity contribution in [1.82, 2.24) is 0 Å². The van der Waals surface area contributed by atoms with Crippen LogP contribution in [0.4, 0.5) is 0 Å². The van der Waals surface area contributed by atoms with E-state index in [2.05, 4.69) is 81.5 Å². The zero-order valence-corrected chi connectivity index (χ0v) is 36.6. The van der Waals surface area contributed by atoms with E-state index < -0.39 is 6.10 Å². The van der Waals surface area contributed by atoms with Crippen molar-refractivity contribution >= 4 is 17.9 Å². The first-order valence-corrected chi connectivity index (χ1v) is 23.3. The summed E-state index contributed by atoms with van der Waals surface area (Å²) < 4.78 is 16.7. The van der Waals surface area contributed by atoms with Crippen LogP contribution in [0.3, 0.4) is 0 Å². The van der Waals surface area contributed by atoms with Crippen LogP contribution in [0.25, 0.3) is 0 Å². The summed E-state index contributed by atoms with van der Waals surface area (Å²) in [6.45, 7) is 6.42. The smallest absolute Gasteiger partial charge is 0.306 e. The highest BCUT2D eigenvalue weighted by atomic mass is 16.6. The molecule has 0 bridgehead atoms. The van der Waals surface area contributed by atoms with Gasteiger partial charge in [-0.2, -0.15) is 0 Å². The van der Waals surface area contributed by atoms with Gasteiger partial charge in [0.05, 0.1) is 0 Å². The maximum atomic E-state index is 12.7. The van der Waals surface area contributed by atoms with Gasteiger partial charge in [-0.15, -0.1) is 0 Å². The van der Waals surface area contributed by atoms with Gasteiger partial charge in [0, 0.05) is 19.3 Å². The Bertz CT molecular complexity index is 1040. The number of hydrogen-bond donors (Lipinski definition) is 0. The number of rotatable bonds is 41. The van der Waals surface area contributed by atoms with E-state index in [0.717, 1.165) is 103 Å². The van der Waals surface area contributed by atoms with Gasteiger partial charge in [-0.05, 0) is 89.9 Å². The van der Waals surface area contributed by atoms with Crippen molar-refractivity contribution in [3.8, 4) is 0 Å². The van der Waals surface area contributed by atoms with E-state index in [1.54, 1.807) is 0 Å². The van der Waals surface area contributed by atoms with Crippen LogP contribution in [-0.4, -0.2) is 37.2 Å². The molecule has 0 N–H and O–H groups in total. The standard InChI is InChI=1S/C50H86O6/c1-4-7-10-13-16-19-22-24-25-26-29-31-34-37-40-43-49(52)55-46-47(45-54-48(51)42-39-36-33-30-27-21-18-15-12-9-6-3)56-50(53)44-41-38-35-32-28-23-20-17-14-11-8-5-2/h8,11,15-20,22,24,47H,4-7,9-10,12-14,21,23,25-46H2,1-3H3/b11-8-,18-15-,19-16-,20-17-,24-22-. The number of hydrogen-bond acceptors (Lipinski definition) is 6. The second-order valence-electron chi connectivity index (χ2n) is 15.3. The molecule has 1 atom stereocenters. The predicted octanol–water partition coefficient (Wildman–Crippen LogP) is 14.9. The summed E-state index contributed by atoms with van der Waals surface area (Å²) in [5, 5.41) is 0. The Morgan fingerprint density at radius 1 is 0.393 bits per heavy atom. The first kappa shape index (κ1) is 53.1. The molecule has 0 saturated carbocycles. The van der Waals surface area contributed by atoms with Gasteiger partial charge in [-0.25, -0.2) is 0 Å². The fraction of sp³-hybridized carbons (Fsp3) is 0.740. The van der Waals surface area contributed by atoms with Gasteiger partial charge in [0.1, 0.15) is 13.2 Å². The van der Waals surface area contributed by atoms with E-state index in [1.807, 2.05) is 0 Å². The van der Waals surface area contributed by atoms with E-state index >= 15 is 0 Å². The number of carbonyl (C=O) groups excluding carboxylic acids is 3. The van der Waals surface area contributed by atoms with Gasteiger partial charge in [-0.3, -0.25) is 14.4 Å². The molecule has 0 fully saturated rings. The van der Waals surface area contributed by atoms with Crippen molar-refractivity contribution in [1.29, 1.82) is 0 Å². The number of allylic oxidation sites excluding steroid dienone is 10. The Morgan fingerprint density at radius 2 is 0.768 bits per heavy atom. The molecule has 0 radical (unpaired) electrons. The lowest BCUT2D eigenvalue weighted by Crippen LogP contribution is -2.30. The van der Waals surface area contributed by atoms with E-state index in [4.69, 9.17) is 14.2 Å². The van der Waals surface area contributed by atoms with Crippen LogP contribution < -0.4 is 0 Å². The summed E-state index contributed by atoms with van der Waals surface area (Å²) in [7, 11) is 0. The SMILES string of the molecule is CC/C=C\C/C=C\CCCCCCCC(=O)OC(COC(=O)CCCCCCC/C=C\CCCC)COC(=O)CCCCCCCC/C=C\C=C/CCCCC. The molecule has 0 amide bonds. The Kier molecular flexibility index (Phi) is 42.5. The third kappa shape index (κ3) is 42.3. The normalized spacial score (nSPS) is 12.6. The van der Waals surface area contributed by atoms with Gasteiger partial charge in [0.2, 0.25) is 0 Å². The largest absolute Gasteiger partial charge is 0.462 e. The first-order chi connectivity index (χ1) is 27.5. The minimum Gasteiger partial charge on any atom is -0.462 e. The van der Waals surface area contributed by atoms with Crippen LogP contribution in [0.5, 0.6) is 0 Å². The van der Waals surface area contributed by atoms with Crippen molar-refractivity contribution in [2.24, 2.45) is 0 Å². The lowest BCUT2D eigenvalue weighted by atomic mass is 10.1. The minimum atomic E-state index is -0.787. The van der Waals surface area contributed by atoms with Crippen LogP contribution in [-0.2, 0) is 28.6 Å². The van der Waals surface area contributed by atoms with Gasteiger partial charge >= 0.3 is 17.9 Å². The van der Waals surface area contributed by atoms with Gasteiger partial charge < -0.3 is 14.2 Å². The molecule has 0 aliphatic carbocycles. The lowest BCUT2D eigenvalue weighted by molar-refractivity contribution is -0.167. The summed E-state index contributed by atoms with van der Waals surface area (Å²) in [5.41, 5.74) is 0. The minimum absolute atomic E-state index is 0.0889. The topological polar surface area (TPSA) is 78.9 Å². The van der Waals surface area contributed by atoms with Gasteiger partial charge in [0.25, 0.3) is 0 Å². The highest BCUT2D eigenvalue weighted by molar-refractivity contribution is 5.71. The number of esters is 3. The zero-order chi connectivity index (χ0) is 40.8. The Hall–Kier alpha value is -2.89. The molecule has 0 aliphatic heterocycles. The Morgan fingerprint density at radius 3 is 1.25 bits per heavy atom. The highest BCUT2D eigenvalue weighted by Gasteiger charge is 2.19. The molecule has 6 nitrogen and oxygen atoms in total. The maximum absolute atomic E-state index is 12.7. The van der Waals surface area contributed by atoms with E-state index in [-0.39, 0.29) is 31.1 Å². The second kappa shape index (κ2) is 44.8. The third-order valence-electron chi connectivity index (χ3n) is 9.75. The molecule has 0 aliphatic rings. The van der Waals surface area contributed by atoms with Crippen LogP contribution >= 0.6 is 0 Å². The van der Waals surface area contributed by atoms with Crippen molar-refractivity contribution in [2.45, 2.75) is 226 Å². The summed E-state index contributed by atoms with van der Waals surface area (Å²) in [6, 6.07) is 0. The Balaban J connectivity index is 4.42. The van der Waals surface area contributed by atoms with Gasteiger partial charge in [-0.1, -0.05) is 171 Å². The maximum Gasteiger partial charge on any atom is 0.306 e. The quantitative estimate of drug-likeness (QED) is 0.0202. The molecule has 0 rings (SSSR count). The Labute approximate surface area is 345 Å². The zero-order valence-electron chi connectivity index (χ0n) is 36.6. The molecule has 0 spiro atoms. The number of ether oxygens (including phenoxy) is 3. The average molecular weight is 783 g/mol. The monoisotopic (exact) mass is 783 g/mol. The summed E-state index contributed by atoms with van der Waals surface area (Å²) >= 11 is 0. The molecule has 56 heavy (non-hydrogen) atoms. The molecular weight excluding hydrogens is 697 g/mol. The van der Waals surface area contributed by atoms with E-state index in [9.17, 15) is 14.4 Å². The molecular formula is C50H86O6. The van der Waals surface area contributed by atoms with Gasteiger partial charge in [0.15, 0.2) is 6.10 Å². The van der Waals surface area contributed by atoms with Crippen LogP contribution in [0.2, 0.25) is 0 Å². The van der Waals surface area contributed by atoms with Crippen molar-refractivity contribution < 1.29 is 28.6 Å². The summed E-state index contributed by atoms with van der Waals surface area (Å²) in [5.74, 6) is -0.928. The fourth-order valence-electron chi connectivity index (χ4n) is 6.21. The lowest BCUT2D eigenvalue weighted by Gasteiger charge is -2.18. The molecule has 0 aromatic heterocycles. The second-order valence-corrected chi connectivity index (χ2v) is 15.3. The summed E-state index contributed by atoms with van der Waals surface area (Å²) in [6.07, 6.45) is 53.4. The number of unbranched alkanes of at least 4 members (excludes halogenated alkanes) is 21. The van der Waals surface area contributed by atoms with Crippen molar-refractivity contribution in [3.05, 3.63) is 60.8 Å². The van der Waals surface area contributed by atoms with Crippen molar-refractivity contribution in [3.63, 3.8) is 0 Å². The van der Waals surface area contributed by atoms with Crippen LogP contribution in [0, 0.1) is 0 Å². The highest BCUT2D eigenvalue weighted by Crippen LogP contribution is 2.13.